The van der Waals surface area contributed by atoms with E-state index in [0.29, 0.717) is 11.1 Å². The van der Waals surface area contributed by atoms with Crippen LogP contribution in [0.15, 0.2) is 18.2 Å². The van der Waals surface area contributed by atoms with Gasteiger partial charge in [-0.15, -0.1) is 0 Å². The van der Waals surface area contributed by atoms with Gasteiger partial charge in [-0.3, -0.25) is 4.79 Å². The van der Waals surface area contributed by atoms with Crippen LogP contribution in [0.25, 0.3) is 0 Å². The van der Waals surface area contributed by atoms with Crippen LogP contribution in [0.1, 0.15) is 50.4 Å². The number of carbonyl (C=O) groups is 2. The zero-order valence-corrected chi connectivity index (χ0v) is 14.0. The van der Waals surface area contributed by atoms with Gasteiger partial charge >= 0.3 is 12.1 Å². The normalized spacial score (nSPS) is 12.6. The number of hydrogen-bond donors (Lipinski definition) is 2. The molecule has 0 spiro atoms. The molecule has 0 aromatic heterocycles. The molecule has 0 aliphatic rings. The van der Waals surface area contributed by atoms with Gasteiger partial charge in [0.2, 0.25) is 0 Å². The number of hydrogen-bond acceptors (Lipinski definition) is 3. The van der Waals surface area contributed by atoms with E-state index in [0.717, 1.165) is 5.56 Å². The monoisotopic (exact) mass is 325 g/mol. The number of carbonyl (C=O) groups excluding carboxylic acids is 1. The average molecular weight is 325 g/mol. The Balaban J connectivity index is 3.16. The largest absolute Gasteiger partial charge is 0.481 e. The zero-order chi connectivity index (χ0) is 17.6. The lowest BCUT2D eigenvalue weighted by Gasteiger charge is -2.25. The minimum atomic E-state index is -0.921. The van der Waals surface area contributed by atoms with Crippen LogP contribution in [-0.2, 0) is 21.4 Å². The van der Waals surface area contributed by atoms with Gasteiger partial charge in [-0.25, -0.2) is 9.18 Å². The molecule has 2 N–H and O–H groups in total. The maximum atomic E-state index is 13.3. The number of alkyl halides is 1. The van der Waals surface area contributed by atoms with E-state index >= 15 is 0 Å². The van der Waals surface area contributed by atoms with Gasteiger partial charge < -0.3 is 15.2 Å². The summed E-state index contributed by atoms with van der Waals surface area (Å²) in [5.41, 5.74) is 1.79. The highest BCUT2D eigenvalue weighted by atomic mass is 19.1. The third-order valence-electron chi connectivity index (χ3n) is 3.41. The molecular weight excluding hydrogens is 301 g/mol. The Morgan fingerprint density at radius 3 is 2.48 bits per heavy atom. The van der Waals surface area contributed by atoms with Gasteiger partial charge in [0, 0.05) is 0 Å². The molecule has 1 amide bonds. The molecule has 0 saturated heterocycles. The van der Waals surface area contributed by atoms with Gasteiger partial charge in [0.15, 0.2) is 0 Å². The third kappa shape index (κ3) is 5.54. The van der Waals surface area contributed by atoms with Gasteiger partial charge in [-0.2, -0.15) is 0 Å². The van der Waals surface area contributed by atoms with Gasteiger partial charge in [0.05, 0.1) is 19.1 Å². The van der Waals surface area contributed by atoms with Gasteiger partial charge in [-0.05, 0) is 29.0 Å². The number of aliphatic carboxylic acids is 1. The lowest BCUT2D eigenvalue weighted by Crippen LogP contribution is -2.30. The predicted octanol–water partition coefficient (Wildman–Crippen LogP) is 3.37. The number of nitrogens with one attached hydrogen (secondary N) is 1. The molecule has 0 saturated carbocycles. The van der Waals surface area contributed by atoms with E-state index in [1.807, 2.05) is 20.8 Å². The first kappa shape index (κ1) is 18.9. The number of amides is 1. The second-order valence-corrected chi connectivity index (χ2v) is 6.31. The standard InChI is InChI=1S/C17H24FNO4/c1-5-23-16(22)19-14(10-18)12-7-6-11(9-15(20)21)13(8-12)17(2,3)4/h6-8,14H,5,9-10H2,1-4H3,(H,19,22)(H,20,21). The van der Waals surface area contributed by atoms with Crippen molar-refractivity contribution in [2.45, 2.75) is 45.6 Å². The molecule has 0 aliphatic heterocycles. The summed E-state index contributed by atoms with van der Waals surface area (Å²) in [5, 5.41) is 11.5. The number of rotatable bonds is 6. The molecule has 1 aromatic rings. The summed E-state index contributed by atoms with van der Waals surface area (Å²) < 4.78 is 18.1. The molecule has 0 heterocycles. The highest BCUT2D eigenvalue weighted by Crippen LogP contribution is 2.29. The molecule has 0 bridgehead atoms. The summed E-state index contributed by atoms with van der Waals surface area (Å²) in [5.74, 6) is -0.921. The van der Waals surface area contributed by atoms with Crippen LogP contribution in [-0.4, -0.2) is 30.5 Å². The van der Waals surface area contributed by atoms with Gasteiger partial charge in [0.25, 0.3) is 0 Å². The first-order valence-electron chi connectivity index (χ1n) is 7.53. The number of benzene rings is 1. The molecule has 6 heteroatoms. The number of carboxylic acid groups (broad SMARTS) is 1. The van der Waals surface area contributed by atoms with Crippen molar-refractivity contribution in [1.82, 2.24) is 5.32 Å². The number of halogens is 1. The van der Waals surface area contributed by atoms with E-state index in [4.69, 9.17) is 9.84 Å². The first-order valence-corrected chi connectivity index (χ1v) is 7.53. The molecule has 0 radical (unpaired) electrons. The smallest absolute Gasteiger partial charge is 0.407 e. The Morgan fingerprint density at radius 2 is 2.00 bits per heavy atom. The molecule has 23 heavy (non-hydrogen) atoms. The number of alkyl carbamates (subject to hydrolysis) is 1. The van der Waals surface area contributed by atoms with Crippen LogP contribution in [0, 0.1) is 0 Å². The molecule has 1 atom stereocenters. The lowest BCUT2D eigenvalue weighted by molar-refractivity contribution is -0.136. The van der Waals surface area contributed by atoms with Crippen molar-refractivity contribution in [3.05, 3.63) is 34.9 Å². The number of ether oxygens (including phenoxy) is 1. The van der Waals surface area contributed by atoms with E-state index in [9.17, 15) is 14.0 Å². The van der Waals surface area contributed by atoms with Crippen LogP contribution >= 0.6 is 0 Å². The highest BCUT2D eigenvalue weighted by Gasteiger charge is 2.23. The van der Waals surface area contributed by atoms with E-state index in [1.54, 1.807) is 25.1 Å². The maximum Gasteiger partial charge on any atom is 0.407 e. The van der Waals surface area contributed by atoms with Gasteiger partial charge in [-0.1, -0.05) is 39.0 Å². The van der Waals surface area contributed by atoms with Crippen molar-refractivity contribution in [2.75, 3.05) is 13.3 Å². The molecule has 0 aliphatic carbocycles. The fourth-order valence-electron chi connectivity index (χ4n) is 2.35. The molecular formula is C17H24FNO4. The second kappa shape index (κ2) is 7.94. The van der Waals surface area contributed by atoms with Crippen LogP contribution in [0.5, 0.6) is 0 Å². The maximum absolute atomic E-state index is 13.3. The summed E-state index contributed by atoms with van der Waals surface area (Å²) in [4.78, 5) is 22.5. The average Bonchev–Trinajstić information content (AvgIpc) is 2.44. The van der Waals surface area contributed by atoms with Crippen molar-refractivity contribution in [2.24, 2.45) is 0 Å². The fraction of sp³-hybridized carbons (Fsp3) is 0.529. The quantitative estimate of drug-likeness (QED) is 0.841. The second-order valence-electron chi connectivity index (χ2n) is 6.31. The summed E-state index contributed by atoms with van der Waals surface area (Å²) in [6.07, 6.45) is -0.777. The first-order chi connectivity index (χ1) is 10.7. The van der Waals surface area contributed by atoms with E-state index in [2.05, 4.69) is 5.32 Å². The fourth-order valence-corrected chi connectivity index (χ4v) is 2.35. The Bertz CT molecular complexity index is 566. The Morgan fingerprint density at radius 1 is 1.35 bits per heavy atom. The van der Waals surface area contributed by atoms with Crippen molar-refractivity contribution < 1.29 is 23.8 Å². The summed E-state index contributed by atoms with van der Waals surface area (Å²) in [6.45, 7) is 6.97. The summed E-state index contributed by atoms with van der Waals surface area (Å²) in [6, 6.07) is 4.26. The third-order valence-corrected chi connectivity index (χ3v) is 3.41. The molecule has 128 valence electrons. The Labute approximate surface area is 135 Å². The minimum Gasteiger partial charge on any atom is -0.481 e. The molecule has 0 fully saturated rings. The molecule has 1 aromatic carbocycles. The Hall–Kier alpha value is -2.11. The van der Waals surface area contributed by atoms with Crippen molar-refractivity contribution >= 4 is 12.1 Å². The SMILES string of the molecule is CCOC(=O)NC(CF)c1ccc(CC(=O)O)c(C(C)(C)C)c1. The van der Waals surface area contributed by atoms with E-state index < -0.39 is 24.8 Å². The highest BCUT2D eigenvalue weighted by molar-refractivity contribution is 5.71. The van der Waals surface area contributed by atoms with Crippen LogP contribution in [0.2, 0.25) is 0 Å². The van der Waals surface area contributed by atoms with E-state index in [-0.39, 0.29) is 18.4 Å². The van der Waals surface area contributed by atoms with Crippen LogP contribution in [0.3, 0.4) is 0 Å². The Kier molecular flexibility index (Phi) is 6.54. The van der Waals surface area contributed by atoms with E-state index in [1.165, 1.54) is 0 Å². The topological polar surface area (TPSA) is 75.6 Å². The summed E-state index contributed by atoms with van der Waals surface area (Å²) >= 11 is 0. The number of carboxylic acids is 1. The van der Waals surface area contributed by atoms with Gasteiger partial charge in [0.1, 0.15) is 6.67 Å². The van der Waals surface area contributed by atoms with Crippen molar-refractivity contribution in [3.63, 3.8) is 0 Å². The van der Waals surface area contributed by atoms with Crippen LogP contribution in [0.4, 0.5) is 9.18 Å². The van der Waals surface area contributed by atoms with Crippen LogP contribution < -0.4 is 5.32 Å². The summed E-state index contributed by atoms with van der Waals surface area (Å²) in [7, 11) is 0. The predicted molar refractivity (Wildman–Crippen MR) is 85.4 cm³/mol. The zero-order valence-electron chi connectivity index (χ0n) is 14.0. The van der Waals surface area contributed by atoms with Crippen molar-refractivity contribution in [1.29, 1.82) is 0 Å². The minimum absolute atomic E-state index is 0.0987. The molecule has 5 nitrogen and oxygen atoms in total. The molecule has 1 rings (SSSR count). The lowest BCUT2D eigenvalue weighted by atomic mass is 9.81. The van der Waals surface area contributed by atoms with Crippen molar-refractivity contribution in [3.8, 4) is 0 Å². The molecule has 1 unspecified atom stereocenters.